The molecule has 0 saturated carbocycles. The second-order valence-corrected chi connectivity index (χ2v) is 4.04. The van der Waals surface area contributed by atoms with Crippen LogP contribution in [-0.2, 0) is 19.1 Å². The van der Waals surface area contributed by atoms with Gasteiger partial charge in [0.2, 0.25) is 12.6 Å². The van der Waals surface area contributed by atoms with E-state index in [-0.39, 0.29) is 26.1 Å². The zero-order chi connectivity index (χ0) is 15.5. The van der Waals surface area contributed by atoms with Gasteiger partial charge in [-0.2, -0.15) is 0 Å². The zero-order valence-electron chi connectivity index (χ0n) is 11.6. The standard InChI is InChI=1S/C16H20O4/c1-5-9-15(13-17,19-11-7-3)16(14-18,10-6-2)20-12-8-4/h5-8H,1-4,9-12H2. The van der Waals surface area contributed by atoms with Crippen molar-refractivity contribution in [3.05, 3.63) is 50.6 Å². The first kappa shape index (κ1) is 18.2. The number of ether oxygens (including phenoxy) is 2. The van der Waals surface area contributed by atoms with Crippen molar-refractivity contribution in [3.8, 4) is 0 Å². The summed E-state index contributed by atoms with van der Waals surface area (Å²) in [7, 11) is 0. The van der Waals surface area contributed by atoms with Gasteiger partial charge in [-0.25, -0.2) is 0 Å². The molecule has 20 heavy (non-hydrogen) atoms. The lowest BCUT2D eigenvalue weighted by molar-refractivity contribution is -0.126. The highest BCUT2D eigenvalue weighted by atomic mass is 16.6. The molecule has 0 heterocycles. The average Bonchev–Trinajstić information content (AvgIpc) is 2.48. The minimum atomic E-state index is -1.65. The monoisotopic (exact) mass is 276 g/mol. The fraction of sp³-hybridized carbons (Fsp3) is 0.375. The van der Waals surface area contributed by atoms with Gasteiger partial charge in [0.1, 0.15) is 0 Å². The first-order valence-electron chi connectivity index (χ1n) is 6.12. The second-order valence-electron chi connectivity index (χ2n) is 4.04. The predicted octanol–water partition coefficient (Wildman–Crippen LogP) is 2.24. The van der Waals surface area contributed by atoms with E-state index in [1.807, 2.05) is 0 Å². The van der Waals surface area contributed by atoms with Crippen LogP contribution in [0.2, 0.25) is 0 Å². The summed E-state index contributed by atoms with van der Waals surface area (Å²) in [5, 5.41) is 0. The molecular formula is C16H20O4. The Morgan fingerprint density at radius 1 is 0.750 bits per heavy atom. The van der Waals surface area contributed by atoms with Crippen molar-refractivity contribution in [3.63, 3.8) is 0 Å². The van der Waals surface area contributed by atoms with Gasteiger partial charge in [0.25, 0.3) is 0 Å². The van der Waals surface area contributed by atoms with Gasteiger partial charge in [0.15, 0.2) is 11.2 Å². The summed E-state index contributed by atoms with van der Waals surface area (Å²) in [4.78, 5) is 23.0. The van der Waals surface area contributed by atoms with E-state index >= 15 is 0 Å². The van der Waals surface area contributed by atoms with E-state index in [1.165, 1.54) is 24.3 Å². The molecule has 0 aliphatic rings. The van der Waals surface area contributed by atoms with Crippen molar-refractivity contribution in [2.45, 2.75) is 24.0 Å². The van der Waals surface area contributed by atoms with Crippen LogP contribution in [0.25, 0.3) is 0 Å². The van der Waals surface area contributed by atoms with E-state index in [0.717, 1.165) is 0 Å². The SMILES string of the molecule is C=CCOC([C]=O)(CC=C)C([C]=O)(CC=C)OCC=C. The van der Waals surface area contributed by atoms with Crippen LogP contribution in [0.15, 0.2) is 50.6 Å². The third-order valence-corrected chi connectivity index (χ3v) is 2.74. The fourth-order valence-corrected chi connectivity index (χ4v) is 1.80. The van der Waals surface area contributed by atoms with Crippen molar-refractivity contribution in [1.29, 1.82) is 0 Å². The number of rotatable bonds is 13. The van der Waals surface area contributed by atoms with Gasteiger partial charge in [-0.1, -0.05) is 24.3 Å². The lowest BCUT2D eigenvalue weighted by Gasteiger charge is -2.40. The van der Waals surface area contributed by atoms with Crippen LogP contribution in [0.1, 0.15) is 12.8 Å². The quantitative estimate of drug-likeness (QED) is 0.484. The Balaban J connectivity index is 5.76. The molecule has 0 N–H and O–H groups in total. The summed E-state index contributed by atoms with van der Waals surface area (Å²) >= 11 is 0. The molecule has 4 heteroatoms. The molecule has 0 aromatic rings. The van der Waals surface area contributed by atoms with Crippen LogP contribution in [0.5, 0.6) is 0 Å². The molecule has 0 rings (SSSR count). The summed E-state index contributed by atoms with van der Waals surface area (Å²) in [6, 6.07) is 0. The van der Waals surface area contributed by atoms with Gasteiger partial charge in [-0.05, 0) is 0 Å². The molecule has 2 atom stereocenters. The highest BCUT2D eigenvalue weighted by Crippen LogP contribution is 2.34. The van der Waals surface area contributed by atoms with Crippen LogP contribution in [-0.4, -0.2) is 37.0 Å². The Bertz CT molecular complexity index is 339. The molecule has 0 aromatic carbocycles. The molecule has 108 valence electrons. The van der Waals surface area contributed by atoms with Gasteiger partial charge in [-0.3, -0.25) is 9.59 Å². The molecule has 0 aliphatic heterocycles. The molecular weight excluding hydrogens is 256 g/mol. The molecule has 0 aromatic heterocycles. The van der Waals surface area contributed by atoms with Crippen LogP contribution < -0.4 is 0 Å². The zero-order valence-corrected chi connectivity index (χ0v) is 11.6. The van der Waals surface area contributed by atoms with Crippen molar-refractivity contribution >= 4 is 12.6 Å². The van der Waals surface area contributed by atoms with E-state index < -0.39 is 11.2 Å². The number of carbonyl (C=O) groups excluding carboxylic acids is 2. The Hall–Kier alpha value is -1.78. The van der Waals surface area contributed by atoms with Crippen LogP contribution in [0.3, 0.4) is 0 Å². The molecule has 0 saturated heterocycles. The average molecular weight is 276 g/mol. The summed E-state index contributed by atoms with van der Waals surface area (Å²) < 4.78 is 11.0. The molecule has 0 spiro atoms. The lowest BCUT2D eigenvalue weighted by Crippen LogP contribution is -2.59. The summed E-state index contributed by atoms with van der Waals surface area (Å²) in [6.45, 7) is 14.3. The molecule has 0 fully saturated rings. The van der Waals surface area contributed by atoms with E-state index in [1.54, 1.807) is 12.6 Å². The largest absolute Gasteiger partial charge is 0.359 e. The van der Waals surface area contributed by atoms with Gasteiger partial charge >= 0.3 is 0 Å². The number of hydrogen-bond donors (Lipinski definition) is 0. The van der Waals surface area contributed by atoms with Crippen LogP contribution >= 0.6 is 0 Å². The second kappa shape index (κ2) is 9.18. The Kier molecular flexibility index (Phi) is 8.36. The third-order valence-electron chi connectivity index (χ3n) is 2.74. The highest BCUT2D eigenvalue weighted by molar-refractivity contribution is 5.79. The molecule has 4 nitrogen and oxygen atoms in total. The maximum absolute atomic E-state index is 11.5. The smallest absolute Gasteiger partial charge is 0.237 e. The highest BCUT2D eigenvalue weighted by Gasteiger charge is 2.54. The van der Waals surface area contributed by atoms with Crippen molar-refractivity contribution in [2.24, 2.45) is 0 Å². The molecule has 0 aliphatic carbocycles. The molecule has 2 radical (unpaired) electrons. The Labute approximate surface area is 120 Å². The predicted molar refractivity (Wildman–Crippen MR) is 78.8 cm³/mol. The Morgan fingerprint density at radius 3 is 1.30 bits per heavy atom. The third kappa shape index (κ3) is 3.85. The minimum Gasteiger partial charge on any atom is -0.359 e. The molecule has 2 unspecified atom stereocenters. The summed E-state index contributed by atoms with van der Waals surface area (Å²) in [6.07, 6.45) is 9.49. The van der Waals surface area contributed by atoms with E-state index in [4.69, 9.17) is 9.47 Å². The van der Waals surface area contributed by atoms with E-state index in [2.05, 4.69) is 26.3 Å². The Morgan fingerprint density at radius 2 is 1.10 bits per heavy atom. The van der Waals surface area contributed by atoms with Crippen LogP contribution in [0.4, 0.5) is 0 Å². The van der Waals surface area contributed by atoms with Crippen molar-refractivity contribution in [1.82, 2.24) is 0 Å². The molecule has 0 amide bonds. The first-order chi connectivity index (χ1) is 9.61. The normalized spacial score (nSPS) is 16.2. The fourth-order valence-electron chi connectivity index (χ4n) is 1.80. The topological polar surface area (TPSA) is 52.6 Å². The lowest BCUT2D eigenvalue weighted by atomic mass is 9.79. The summed E-state index contributed by atoms with van der Waals surface area (Å²) in [5.41, 5.74) is -3.30. The van der Waals surface area contributed by atoms with Crippen LogP contribution in [0, 0.1) is 0 Å². The molecule has 0 bridgehead atoms. The maximum Gasteiger partial charge on any atom is 0.237 e. The van der Waals surface area contributed by atoms with Crippen molar-refractivity contribution in [2.75, 3.05) is 13.2 Å². The summed E-state index contributed by atoms with van der Waals surface area (Å²) in [5.74, 6) is 0. The number of hydrogen-bond acceptors (Lipinski definition) is 4. The minimum absolute atomic E-state index is 0.0462. The maximum atomic E-state index is 11.5. The van der Waals surface area contributed by atoms with Gasteiger partial charge in [0, 0.05) is 12.8 Å². The van der Waals surface area contributed by atoms with E-state index in [9.17, 15) is 9.59 Å². The van der Waals surface area contributed by atoms with Gasteiger partial charge in [0.05, 0.1) is 13.2 Å². The first-order valence-corrected chi connectivity index (χ1v) is 6.12. The van der Waals surface area contributed by atoms with Gasteiger partial charge in [-0.15, -0.1) is 26.3 Å². The van der Waals surface area contributed by atoms with Gasteiger partial charge < -0.3 is 9.47 Å². The van der Waals surface area contributed by atoms with E-state index in [0.29, 0.717) is 0 Å². The van der Waals surface area contributed by atoms with Crippen molar-refractivity contribution < 1.29 is 19.1 Å².